The van der Waals surface area contributed by atoms with Crippen LogP contribution in [0.4, 0.5) is 5.69 Å². The normalized spacial score (nSPS) is 13.8. The minimum absolute atomic E-state index is 0.286. The average molecular weight is 391 g/mol. The van der Waals surface area contributed by atoms with Crippen LogP contribution in [-0.4, -0.2) is 14.7 Å². The van der Waals surface area contributed by atoms with Gasteiger partial charge in [-0.25, -0.2) is 8.42 Å². The molecule has 4 rings (SSSR count). The van der Waals surface area contributed by atoms with Crippen molar-refractivity contribution in [1.82, 2.24) is 0 Å². The van der Waals surface area contributed by atoms with Crippen molar-refractivity contribution in [2.45, 2.75) is 18.2 Å². The number of allylic oxidation sites excluding steroid dienone is 1. The molecule has 1 aliphatic rings. The van der Waals surface area contributed by atoms with Crippen molar-refractivity contribution in [3.05, 3.63) is 89.0 Å². The summed E-state index contributed by atoms with van der Waals surface area (Å²) in [5.74, 6) is 1.54. The molecule has 3 aromatic carbocycles. The van der Waals surface area contributed by atoms with Crippen molar-refractivity contribution in [2.75, 3.05) is 12.0 Å². The smallest absolute Gasteiger partial charge is 0.175 e. The van der Waals surface area contributed by atoms with Gasteiger partial charge in [-0.15, -0.1) is 0 Å². The topological polar surface area (TPSA) is 69.4 Å². The molecule has 4 nitrogen and oxygen atoms in total. The summed E-state index contributed by atoms with van der Waals surface area (Å²) in [6, 6.07) is 20.8. The molecule has 0 atom stereocenters. The summed E-state index contributed by atoms with van der Waals surface area (Å²) in [6.45, 7) is 1.98. The van der Waals surface area contributed by atoms with E-state index in [2.05, 4.69) is 6.07 Å². The van der Waals surface area contributed by atoms with E-state index in [0.29, 0.717) is 6.42 Å². The fourth-order valence-electron chi connectivity index (χ4n) is 3.34. The maximum absolute atomic E-state index is 11.8. The molecule has 0 bridgehead atoms. The van der Waals surface area contributed by atoms with Crippen LogP contribution in [0.5, 0.6) is 5.75 Å². The van der Waals surface area contributed by atoms with Gasteiger partial charge in [0.05, 0.1) is 4.90 Å². The monoisotopic (exact) mass is 391 g/mol. The van der Waals surface area contributed by atoms with E-state index in [1.807, 2.05) is 43.3 Å². The number of anilines is 1. The lowest BCUT2D eigenvalue weighted by Gasteiger charge is -2.24. The third-order valence-electron chi connectivity index (χ3n) is 5.00. The van der Waals surface area contributed by atoms with E-state index in [4.69, 9.17) is 10.5 Å². The molecule has 0 spiro atoms. The highest BCUT2D eigenvalue weighted by atomic mass is 32.2. The minimum atomic E-state index is -3.25. The Labute approximate surface area is 165 Å². The van der Waals surface area contributed by atoms with Gasteiger partial charge in [-0.1, -0.05) is 30.3 Å². The van der Waals surface area contributed by atoms with Crippen molar-refractivity contribution in [3.8, 4) is 5.75 Å². The fraction of sp³-hybridized carbons (Fsp3) is 0.130. The predicted molar refractivity (Wildman–Crippen MR) is 113 cm³/mol. The molecule has 0 saturated heterocycles. The molecule has 2 N–H and O–H groups in total. The molecular weight excluding hydrogens is 370 g/mol. The third-order valence-corrected chi connectivity index (χ3v) is 6.13. The standard InChI is InChI=1S/C23H21NO3S/c1-15-7-8-17(14-21(15)24)20-13-18-5-3-4-6-22(18)27-23(20)16-9-11-19(12-10-16)28(2,25)26/h3-12,14H,13,24H2,1-2H3. The van der Waals surface area contributed by atoms with Gasteiger partial charge in [-0.3, -0.25) is 0 Å². The van der Waals surface area contributed by atoms with Crippen molar-refractivity contribution in [3.63, 3.8) is 0 Å². The Morgan fingerprint density at radius 3 is 2.29 bits per heavy atom. The summed E-state index contributed by atoms with van der Waals surface area (Å²) in [7, 11) is -3.25. The lowest BCUT2D eigenvalue weighted by atomic mass is 9.91. The maximum atomic E-state index is 11.8. The molecule has 0 saturated carbocycles. The zero-order valence-electron chi connectivity index (χ0n) is 15.8. The Morgan fingerprint density at radius 1 is 0.929 bits per heavy atom. The number of ether oxygens (including phenoxy) is 1. The average Bonchev–Trinajstić information content (AvgIpc) is 2.68. The van der Waals surface area contributed by atoms with Crippen LogP contribution in [0, 0.1) is 6.92 Å². The largest absolute Gasteiger partial charge is 0.456 e. The molecule has 0 unspecified atom stereocenters. The van der Waals surface area contributed by atoms with Gasteiger partial charge < -0.3 is 10.5 Å². The Morgan fingerprint density at radius 2 is 1.61 bits per heavy atom. The van der Waals surface area contributed by atoms with Gasteiger partial charge in [-0.05, 0) is 60.0 Å². The number of para-hydroxylation sites is 1. The summed E-state index contributed by atoms with van der Waals surface area (Å²) in [4.78, 5) is 0.286. The first-order valence-electron chi connectivity index (χ1n) is 8.99. The summed E-state index contributed by atoms with van der Waals surface area (Å²) < 4.78 is 29.8. The number of hydrogen-bond donors (Lipinski definition) is 1. The first-order chi connectivity index (χ1) is 13.3. The summed E-state index contributed by atoms with van der Waals surface area (Å²) in [6.07, 6.45) is 1.91. The van der Waals surface area contributed by atoms with E-state index in [1.165, 1.54) is 6.26 Å². The van der Waals surface area contributed by atoms with Gasteiger partial charge in [0.25, 0.3) is 0 Å². The maximum Gasteiger partial charge on any atom is 0.175 e. The summed E-state index contributed by atoms with van der Waals surface area (Å²) in [5.41, 5.74) is 11.9. The summed E-state index contributed by atoms with van der Waals surface area (Å²) in [5, 5.41) is 0. The molecule has 28 heavy (non-hydrogen) atoms. The molecule has 0 fully saturated rings. The Balaban J connectivity index is 1.87. The molecule has 142 valence electrons. The molecule has 0 aromatic heterocycles. The lowest BCUT2D eigenvalue weighted by Crippen LogP contribution is -2.10. The SMILES string of the molecule is Cc1ccc(C2=C(c3ccc(S(C)(=O)=O)cc3)Oc3ccccc3C2)cc1N. The van der Waals surface area contributed by atoms with Crippen molar-refractivity contribution in [1.29, 1.82) is 0 Å². The van der Waals surface area contributed by atoms with E-state index in [1.54, 1.807) is 24.3 Å². The van der Waals surface area contributed by atoms with Crippen LogP contribution in [0.3, 0.4) is 0 Å². The van der Waals surface area contributed by atoms with Gasteiger partial charge in [0.15, 0.2) is 9.84 Å². The number of nitrogen functional groups attached to an aromatic ring is 1. The van der Waals surface area contributed by atoms with E-state index in [0.717, 1.165) is 45.0 Å². The fourth-order valence-corrected chi connectivity index (χ4v) is 3.97. The van der Waals surface area contributed by atoms with E-state index < -0.39 is 9.84 Å². The number of nitrogens with two attached hydrogens (primary N) is 1. The van der Waals surface area contributed by atoms with Gasteiger partial charge >= 0.3 is 0 Å². The molecule has 0 radical (unpaired) electrons. The van der Waals surface area contributed by atoms with Crippen molar-refractivity contribution < 1.29 is 13.2 Å². The second kappa shape index (κ2) is 6.84. The lowest BCUT2D eigenvalue weighted by molar-refractivity contribution is 0.502. The zero-order valence-corrected chi connectivity index (χ0v) is 16.6. The zero-order chi connectivity index (χ0) is 19.9. The van der Waals surface area contributed by atoms with Gasteiger partial charge in [0.1, 0.15) is 11.5 Å². The number of benzene rings is 3. The van der Waals surface area contributed by atoms with Crippen LogP contribution >= 0.6 is 0 Å². The quantitative estimate of drug-likeness (QED) is 0.668. The minimum Gasteiger partial charge on any atom is -0.456 e. The number of sulfone groups is 1. The molecule has 1 heterocycles. The number of hydrogen-bond acceptors (Lipinski definition) is 4. The van der Waals surface area contributed by atoms with Crippen LogP contribution in [-0.2, 0) is 16.3 Å². The first-order valence-corrected chi connectivity index (χ1v) is 10.9. The van der Waals surface area contributed by atoms with Crippen molar-refractivity contribution >= 4 is 26.9 Å². The van der Waals surface area contributed by atoms with Crippen molar-refractivity contribution in [2.24, 2.45) is 0 Å². The third kappa shape index (κ3) is 3.41. The Kier molecular flexibility index (Phi) is 4.47. The van der Waals surface area contributed by atoms with Crippen LogP contribution in [0.25, 0.3) is 11.3 Å². The summed E-state index contributed by atoms with van der Waals surface area (Å²) >= 11 is 0. The highest BCUT2D eigenvalue weighted by Crippen LogP contribution is 2.39. The molecule has 3 aromatic rings. The van der Waals surface area contributed by atoms with Gasteiger partial charge in [-0.2, -0.15) is 0 Å². The Hall–Kier alpha value is -3.05. The number of aryl methyl sites for hydroxylation is 1. The van der Waals surface area contributed by atoms with Crippen LogP contribution in [0.1, 0.15) is 22.3 Å². The van der Waals surface area contributed by atoms with E-state index >= 15 is 0 Å². The second-order valence-corrected chi connectivity index (χ2v) is 9.08. The predicted octanol–water partition coefficient (Wildman–Crippen LogP) is 4.48. The van der Waals surface area contributed by atoms with E-state index in [9.17, 15) is 8.42 Å². The van der Waals surface area contributed by atoms with E-state index in [-0.39, 0.29) is 4.90 Å². The Bertz CT molecular complexity index is 1190. The van der Waals surface area contributed by atoms with Gasteiger partial charge in [0, 0.05) is 29.5 Å². The van der Waals surface area contributed by atoms with Crippen LogP contribution in [0.2, 0.25) is 0 Å². The van der Waals surface area contributed by atoms with Crippen LogP contribution in [0.15, 0.2) is 71.6 Å². The molecule has 0 amide bonds. The molecule has 0 aliphatic carbocycles. The number of rotatable bonds is 3. The highest BCUT2D eigenvalue weighted by molar-refractivity contribution is 7.90. The molecule has 5 heteroatoms. The molecule has 1 aliphatic heterocycles. The molecular formula is C23H21NO3S. The van der Waals surface area contributed by atoms with Crippen LogP contribution < -0.4 is 10.5 Å². The second-order valence-electron chi connectivity index (χ2n) is 7.06. The first kappa shape index (κ1) is 18.3. The highest BCUT2D eigenvalue weighted by Gasteiger charge is 2.23. The van der Waals surface area contributed by atoms with Gasteiger partial charge in [0.2, 0.25) is 0 Å². The number of fused-ring (bicyclic) bond motifs is 1.